The average Bonchev–Trinajstić information content (AvgIpc) is 3.18. The minimum absolute atomic E-state index is 0.0197. The van der Waals surface area contributed by atoms with E-state index >= 15 is 0 Å². The van der Waals surface area contributed by atoms with Crippen LogP contribution in [0, 0.1) is 17.0 Å². The van der Waals surface area contributed by atoms with Crippen LogP contribution in [0.5, 0.6) is 17.2 Å². The second-order valence-electron chi connectivity index (χ2n) is 8.95. The molecule has 10 nitrogen and oxygen atoms in total. The number of hydrogen-bond donors (Lipinski definition) is 1. The van der Waals surface area contributed by atoms with Crippen molar-refractivity contribution in [3.63, 3.8) is 0 Å². The number of aryl methyl sites for hydroxylation is 1. The minimum Gasteiger partial charge on any atom is -0.490 e. The molecule has 1 aliphatic rings. The zero-order valence-electron chi connectivity index (χ0n) is 22.4. The number of ether oxygens (including phenoxy) is 2. The minimum atomic E-state index is -4.79. The molecule has 1 aliphatic heterocycles. The summed E-state index contributed by atoms with van der Waals surface area (Å²) < 4.78 is 50.3. The SMILES string of the molecule is CCOc1cc(/C=C2/SC(=O)N(CC(=O)Nc3cc(Cl)ccc3C)C2=O)ccc1Oc1ccc(C(F)(F)F)cc1[N+](=O)[O-]. The fourth-order valence-corrected chi connectivity index (χ4v) is 4.87. The third-order valence-electron chi connectivity index (χ3n) is 5.92. The molecule has 4 rings (SSSR count). The van der Waals surface area contributed by atoms with E-state index in [-0.39, 0.29) is 23.0 Å². The maximum atomic E-state index is 13.1. The van der Waals surface area contributed by atoms with Gasteiger partial charge in [0.25, 0.3) is 11.1 Å². The molecule has 1 saturated heterocycles. The molecule has 0 aliphatic carbocycles. The van der Waals surface area contributed by atoms with Gasteiger partial charge in [0.1, 0.15) is 6.54 Å². The lowest BCUT2D eigenvalue weighted by Crippen LogP contribution is -2.36. The van der Waals surface area contributed by atoms with Gasteiger partial charge in [-0.1, -0.05) is 23.7 Å². The molecular weight excluding hydrogens is 615 g/mol. The number of nitrogens with zero attached hydrogens (tertiary/aromatic N) is 2. The van der Waals surface area contributed by atoms with E-state index in [9.17, 15) is 37.7 Å². The van der Waals surface area contributed by atoms with Crippen molar-refractivity contribution >= 4 is 57.9 Å². The van der Waals surface area contributed by atoms with Gasteiger partial charge in [-0.05, 0) is 79.2 Å². The van der Waals surface area contributed by atoms with E-state index in [4.69, 9.17) is 21.1 Å². The Balaban J connectivity index is 1.54. The molecule has 3 aromatic carbocycles. The molecule has 0 aromatic heterocycles. The zero-order chi connectivity index (χ0) is 31.5. The summed E-state index contributed by atoms with van der Waals surface area (Å²) in [6, 6.07) is 11.0. The molecule has 0 radical (unpaired) electrons. The van der Waals surface area contributed by atoms with Gasteiger partial charge in [0.05, 0.1) is 22.0 Å². The predicted octanol–water partition coefficient (Wildman–Crippen LogP) is 7.44. The molecule has 224 valence electrons. The number of rotatable bonds is 9. The third kappa shape index (κ3) is 7.45. The Labute approximate surface area is 251 Å². The van der Waals surface area contributed by atoms with Crippen LogP contribution >= 0.6 is 23.4 Å². The van der Waals surface area contributed by atoms with E-state index in [1.807, 2.05) is 0 Å². The molecule has 0 bridgehead atoms. The average molecular weight is 636 g/mol. The molecule has 3 amide bonds. The number of carbonyl (C=O) groups is 3. The largest absolute Gasteiger partial charge is 0.490 e. The second-order valence-corrected chi connectivity index (χ2v) is 10.4. The Morgan fingerprint density at radius 3 is 2.49 bits per heavy atom. The zero-order valence-corrected chi connectivity index (χ0v) is 23.9. The van der Waals surface area contributed by atoms with E-state index in [1.165, 1.54) is 24.3 Å². The monoisotopic (exact) mass is 635 g/mol. The number of anilines is 1. The first-order chi connectivity index (χ1) is 20.3. The molecule has 1 fully saturated rings. The first-order valence-electron chi connectivity index (χ1n) is 12.4. The molecule has 1 N–H and O–H groups in total. The molecule has 0 saturated carbocycles. The second kappa shape index (κ2) is 12.8. The van der Waals surface area contributed by atoms with Crippen molar-refractivity contribution in [2.45, 2.75) is 20.0 Å². The van der Waals surface area contributed by atoms with Crippen LogP contribution in [0.15, 0.2) is 59.5 Å². The number of hydrogen-bond acceptors (Lipinski definition) is 8. The highest BCUT2D eigenvalue weighted by molar-refractivity contribution is 8.18. The summed E-state index contributed by atoms with van der Waals surface area (Å²) in [7, 11) is 0. The molecule has 0 unspecified atom stereocenters. The Bertz CT molecular complexity index is 1660. The molecule has 43 heavy (non-hydrogen) atoms. The van der Waals surface area contributed by atoms with Crippen LogP contribution in [-0.4, -0.2) is 40.0 Å². The number of carbonyl (C=O) groups excluding carboxylic acids is 3. The van der Waals surface area contributed by atoms with E-state index in [0.29, 0.717) is 40.2 Å². The Hall–Kier alpha value is -4.56. The van der Waals surface area contributed by atoms with Crippen LogP contribution in [-0.2, 0) is 15.8 Å². The van der Waals surface area contributed by atoms with Crippen molar-refractivity contribution in [3.8, 4) is 17.2 Å². The first kappa shape index (κ1) is 31.4. The number of nitro groups is 1. The van der Waals surface area contributed by atoms with Gasteiger partial charge in [-0.3, -0.25) is 29.4 Å². The molecule has 3 aromatic rings. The molecule has 15 heteroatoms. The smallest absolute Gasteiger partial charge is 0.416 e. The van der Waals surface area contributed by atoms with Crippen molar-refractivity contribution < 1.29 is 42.0 Å². The van der Waals surface area contributed by atoms with Crippen molar-refractivity contribution in [1.29, 1.82) is 0 Å². The molecule has 0 spiro atoms. The fourth-order valence-electron chi connectivity index (χ4n) is 3.86. The van der Waals surface area contributed by atoms with Crippen LogP contribution in [0.4, 0.5) is 29.3 Å². The number of nitrogens with one attached hydrogen (secondary N) is 1. The number of nitro benzene ring substituents is 1. The number of benzene rings is 3. The van der Waals surface area contributed by atoms with Gasteiger partial charge in [0.15, 0.2) is 11.5 Å². The quantitative estimate of drug-likeness (QED) is 0.146. The number of thioether (sulfide) groups is 1. The highest BCUT2D eigenvalue weighted by atomic mass is 35.5. The standard InChI is InChI=1S/C28H21ClF3N3O7S/c1-3-41-23-10-16(5-8-22(23)42-21-9-6-17(28(30,31)32)12-20(21)35(39)40)11-24-26(37)34(27(38)43-24)14-25(36)33-19-13-18(29)7-4-15(19)2/h4-13H,3,14H2,1-2H3,(H,33,36)/b24-11+. The Kier molecular flexibility index (Phi) is 9.30. The fraction of sp³-hybridized carbons (Fsp3) is 0.179. The van der Waals surface area contributed by atoms with Crippen LogP contribution in [0.1, 0.15) is 23.6 Å². The van der Waals surface area contributed by atoms with Gasteiger partial charge in [-0.2, -0.15) is 13.2 Å². The lowest BCUT2D eigenvalue weighted by molar-refractivity contribution is -0.385. The van der Waals surface area contributed by atoms with Crippen molar-refractivity contribution in [1.82, 2.24) is 4.90 Å². The van der Waals surface area contributed by atoms with Crippen molar-refractivity contribution in [2.75, 3.05) is 18.5 Å². The summed E-state index contributed by atoms with van der Waals surface area (Å²) in [5.74, 6) is -1.72. The lowest BCUT2D eigenvalue weighted by atomic mass is 10.1. The maximum absolute atomic E-state index is 13.1. The summed E-state index contributed by atoms with van der Waals surface area (Å²) in [5.41, 5.74) is -0.561. The van der Waals surface area contributed by atoms with Crippen LogP contribution < -0.4 is 14.8 Å². The Morgan fingerprint density at radius 1 is 1.09 bits per heavy atom. The van der Waals surface area contributed by atoms with Gasteiger partial charge in [-0.25, -0.2) is 0 Å². The number of amides is 3. The third-order valence-corrected chi connectivity index (χ3v) is 7.06. The van der Waals surface area contributed by atoms with Gasteiger partial charge < -0.3 is 14.8 Å². The summed E-state index contributed by atoms with van der Waals surface area (Å²) in [6.07, 6.45) is -3.41. The summed E-state index contributed by atoms with van der Waals surface area (Å²) in [5, 5.41) is 13.8. The topological polar surface area (TPSA) is 128 Å². The normalized spacial score (nSPS) is 14.3. The first-order valence-corrected chi connectivity index (χ1v) is 13.6. The number of halogens is 4. The summed E-state index contributed by atoms with van der Waals surface area (Å²) >= 11 is 6.60. The van der Waals surface area contributed by atoms with Gasteiger partial charge in [-0.15, -0.1) is 0 Å². The van der Waals surface area contributed by atoms with E-state index in [0.717, 1.165) is 16.5 Å². The van der Waals surface area contributed by atoms with Crippen molar-refractivity contribution in [3.05, 3.63) is 91.3 Å². The highest BCUT2D eigenvalue weighted by Crippen LogP contribution is 2.41. The number of alkyl halides is 3. The van der Waals surface area contributed by atoms with Crippen LogP contribution in [0.2, 0.25) is 5.02 Å². The Morgan fingerprint density at radius 2 is 1.81 bits per heavy atom. The van der Waals surface area contributed by atoms with Gasteiger partial charge in [0.2, 0.25) is 11.7 Å². The van der Waals surface area contributed by atoms with Gasteiger partial charge >= 0.3 is 11.9 Å². The van der Waals surface area contributed by atoms with E-state index in [2.05, 4.69) is 5.32 Å². The van der Waals surface area contributed by atoms with Crippen molar-refractivity contribution in [2.24, 2.45) is 0 Å². The van der Waals surface area contributed by atoms with E-state index in [1.54, 1.807) is 32.0 Å². The predicted molar refractivity (Wildman–Crippen MR) is 153 cm³/mol. The summed E-state index contributed by atoms with van der Waals surface area (Å²) in [4.78, 5) is 49.3. The van der Waals surface area contributed by atoms with Crippen LogP contribution in [0.25, 0.3) is 6.08 Å². The summed E-state index contributed by atoms with van der Waals surface area (Å²) in [6.45, 7) is 3.01. The number of imide groups is 1. The van der Waals surface area contributed by atoms with Gasteiger partial charge in [0, 0.05) is 16.8 Å². The molecular formula is C28H21ClF3N3O7S. The highest BCUT2D eigenvalue weighted by Gasteiger charge is 2.37. The van der Waals surface area contributed by atoms with E-state index < -0.39 is 51.7 Å². The van der Waals surface area contributed by atoms with Crippen LogP contribution in [0.3, 0.4) is 0 Å². The molecule has 1 heterocycles. The lowest BCUT2D eigenvalue weighted by Gasteiger charge is -2.14. The molecule has 0 atom stereocenters. The maximum Gasteiger partial charge on any atom is 0.416 e.